The fourth-order valence-electron chi connectivity index (χ4n) is 9.05. The van der Waals surface area contributed by atoms with Gasteiger partial charge in [-0.15, -0.1) is 0 Å². The number of rotatable bonds is 15. The summed E-state index contributed by atoms with van der Waals surface area (Å²) in [6.45, 7) is 19.9. The van der Waals surface area contributed by atoms with E-state index in [4.69, 9.17) is 0 Å². The van der Waals surface area contributed by atoms with E-state index in [1.54, 1.807) is 33.4 Å². The first-order valence-corrected chi connectivity index (χ1v) is 33.2. The Labute approximate surface area is 313 Å². The van der Waals surface area contributed by atoms with Gasteiger partial charge in [0.15, 0.2) is 0 Å². The van der Waals surface area contributed by atoms with Gasteiger partial charge in [-0.1, -0.05) is 0 Å². The van der Waals surface area contributed by atoms with E-state index in [1.807, 2.05) is 0 Å². The average molecular weight is 845 g/mol. The second kappa shape index (κ2) is 16.9. The summed E-state index contributed by atoms with van der Waals surface area (Å²) in [6.07, 6.45) is 15.2. The van der Waals surface area contributed by atoms with Gasteiger partial charge in [-0.05, 0) is 0 Å². The van der Waals surface area contributed by atoms with Crippen molar-refractivity contribution in [2.24, 2.45) is 11.8 Å². The van der Waals surface area contributed by atoms with Gasteiger partial charge < -0.3 is 0 Å². The van der Waals surface area contributed by atoms with Crippen LogP contribution in [0.4, 0.5) is 0 Å². The van der Waals surface area contributed by atoms with E-state index in [2.05, 4.69) is 152 Å². The molecule has 0 saturated carbocycles. The first kappa shape index (κ1) is 37.2. The first-order valence-electron chi connectivity index (χ1n) is 19.9. The van der Waals surface area contributed by atoms with E-state index in [9.17, 15) is 0 Å². The number of fused-ring (bicyclic) bond motifs is 2. The molecule has 0 saturated heterocycles. The topological polar surface area (TPSA) is 0 Å². The van der Waals surface area contributed by atoms with Gasteiger partial charge in [-0.3, -0.25) is 0 Å². The maximum absolute atomic E-state index is 2.74. The Kier molecular flexibility index (Phi) is 12.5. The van der Waals surface area contributed by atoms with Crippen molar-refractivity contribution in [2.75, 3.05) is 0 Å². The van der Waals surface area contributed by atoms with Gasteiger partial charge in [-0.2, -0.15) is 0 Å². The van der Waals surface area contributed by atoms with Crippen molar-refractivity contribution < 1.29 is 20.6 Å². The molecule has 2 aliphatic carbocycles. The molecule has 6 rings (SSSR count). The quantitative estimate of drug-likeness (QED) is 0.105. The molecular weight excluding hydrogens is 783 g/mol. The Bertz CT molecular complexity index is 1710. The summed E-state index contributed by atoms with van der Waals surface area (Å²) in [5, 5.41) is 0. The molecule has 2 atom stereocenters. The van der Waals surface area contributed by atoms with Crippen molar-refractivity contribution in [1.29, 1.82) is 0 Å². The van der Waals surface area contributed by atoms with E-state index < -0.39 is 26.6 Å². The van der Waals surface area contributed by atoms with E-state index >= 15 is 0 Å². The fraction of sp³-hybridized carbons (Fsp3) is 0.417. The van der Waals surface area contributed by atoms with Gasteiger partial charge in [-0.25, -0.2) is 0 Å². The normalized spacial score (nSPS) is 16.6. The molecule has 0 spiro atoms. The molecule has 0 fully saturated rings. The summed E-state index contributed by atoms with van der Waals surface area (Å²) in [6, 6.07) is 33.4. The third kappa shape index (κ3) is 7.78. The van der Waals surface area contributed by atoms with E-state index in [1.165, 1.54) is 71.9 Å². The molecule has 0 aliphatic heterocycles. The van der Waals surface area contributed by atoms with Crippen molar-refractivity contribution in [2.45, 2.75) is 113 Å². The van der Waals surface area contributed by atoms with Crippen molar-refractivity contribution >= 4 is 18.1 Å². The fourth-order valence-corrected chi connectivity index (χ4v) is 41.3. The van der Waals surface area contributed by atoms with Gasteiger partial charge >= 0.3 is 316 Å². The van der Waals surface area contributed by atoms with Crippen LogP contribution in [0.25, 0.3) is 34.4 Å². The van der Waals surface area contributed by atoms with Crippen LogP contribution in [0.1, 0.15) is 121 Å². The van der Waals surface area contributed by atoms with Gasteiger partial charge in [0, 0.05) is 0 Å². The van der Waals surface area contributed by atoms with Gasteiger partial charge in [0.2, 0.25) is 0 Å². The number of aryl methyl sites for hydroxylation is 2. The maximum atomic E-state index is 2.74. The van der Waals surface area contributed by atoms with Crippen LogP contribution in [-0.4, -0.2) is 5.98 Å². The van der Waals surface area contributed by atoms with E-state index in [-0.39, 0.29) is 0 Å². The monoisotopic (exact) mass is 845 g/mol. The second-order valence-electron chi connectivity index (χ2n) is 16.3. The molecular formula is C48H61HfSi. The third-order valence-electron chi connectivity index (χ3n) is 11.1. The van der Waals surface area contributed by atoms with Crippen molar-refractivity contribution in [3.8, 4) is 22.3 Å². The molecule has 2 unspecified atom stereocenters. The number of benzene rings is 4. The first-order chi connectivity index (χ1) is 24.2. The zero-order valence-electron chi connectivity index (χ0n) is 32.3. The van der Waals surface area contributed by atoms with Gasteiger partial charge in [0.25, 0.3) is 0 Å². The summed E-state index contributed by atoms with van der Waals surface area (Å²) in [4.78, 5) is 0. The van der Waals surface area contributed by atoms with Crippen LogP contribution in [0, 0.1) is 11.8 Å². The van der Waals surface area contributed by atoms with Crippen LogP contribution in [0.3, 0.4) is 0 Å². The summed E-state index contributed by atoms with van der Waals surface area (Å²) in [7, 11) is 0. The molecule has 0 heterocycles. The molecule has 2 heteroatoms. The molecule has 0 amide bonds. The zero-order valence-corrected chi connectivity index (χ0v) is 37.0. The van der Waals surface area contributed by atoms with Crippen molar-refractivity contribution in [3.63, 3.8) is 0 Å². The predicted octanol–water partition coefficient (Wildman–Crippen LogP) is 14.0. The molecule has 4 aromatic rings. The van der Waals surface area contributed by atoms with Crippen LogP contribution < -0.4 is 0 Å². The number of allylic oxidation sites excluding steroid dienone is 2. The van der Waals surface area contributed by atoms with Crippen molar-refractivity contribution in [1.82, 2.24) is 0 Å². The van der Waals surface area contributed by atoms with Gasteiger partial charge in [0.05, 0.1) is 0 Å². The minimum atomic E-state index is -2.49. The van der Waals surface area contributed by atoms with Crippen LogP contribution in [0.2, 0.25) is 13.1 Å². The van der Waals surface area contributed by atoms with E-state index in [0.717, 1.165) is 12.8 Å². The van der Waals surface area contributed by atoms with Gasteiger partial charge in [0.1, 0.15) is 0 Å². The summed E-state index contributed by atoms with van der Waals surface area (Å²) in [5.74, 6) is 0.344. The molecule has 0 aromatic heterocycles. The van der Waals surface area contributed by atoms with Crippen LogP contribution >= 0.6 is 0 Å². The molecule has 2 aliphatic rings. The number of unbranched alkanes of at least 4 members (excludes halogenated alkanes) is 2. The average Bonchev–Trinajstić information content (AvgIpc) is 3.63. The molecule has 0 N–H and O–H groups in total. The molecule has 0 nitrogen and oxygen atoms in total. The van der Waals surface area contributed by atoms with Crippen molar-refractivity contribution in [3.05, 3.63) is 129 Å². The molecule has 50 heavy (non-hydrogen) atoms. The Balaban J connectivity index is 1.52. The molecule has 4 aromatic carbocycles. The standard InChI is InChI=1S/2C23H27.C2H7Si.Hf/c2*1-4-5-9-19-10-6-7-12-21(19)22-13-8-11-20-15-18(14-17(2)3)16-23(20)22;1-3-2;/h2*6-8,10-13,15-17H,4-5,9,14H2,1-3H3;3H,1-2H3;. The molecule has 261 valence electrons. The van der Waals surface area contributed by atoms with Crippen LogP contribution in [-0.2, 0) is 33.4 Å². The Hall–Kier alpha value is -2.55. The molecule has 0 bridgehead atoms. The van der Waals surface area contributed by atoms with E-state index in [0.29, 0.717) is 19.2 Å². The molecule has 0 radical (unpaired) electrons. The Morgan fingerprint density at radius 2 is 0.940 bits per heavy atom. The summed E-state index contributed by atoms with van der Waals surface area (Å²) in [5.41, 5.74) is 18.9. The predicted molar refractivity (Wildman–Crippen MR) is 220 cm³/mol. The summed E-state index contributed by atoms with van der Waals surface area (Å²) >= 11 is -2.49. The SMILES string of the molecule is CCCCc1ccccc1-c1cccc2c1C=C(CC(C)C)[CH]2[Hf]([CH]1C(CC(C)C)=Cc2c(-c3ccccc3CCCC)cccc21)[SiH](C)C. The Morgan fingerprint density at radius 1 is 0.540 bits per heavy atom. The third-order valence-corrected chi connectivity index (χ3v) is 42.0. The number of hydrogen-bond donors (Lipinski definition) is 0. The summed E-state index contributed by atoms with van der Waals surface area (Å²) < 4.78 is 1.36. The zero-order chi connectivity index (χ0) is 35.4. The second-order valence-corrected chi connectivity index (χ2v) is 44.2. The van der Waals surface area contributed by atoms with Crippen LogP contribution in [0.5, 0.6) is 0 Å². The number of hydrogen-bond acceptors (Lipinski definition) is 0. The Morgan fingerprint density at radius 3 is 1.32 bits per heavy atom. The minimum absolute atomic E-state index is 0.660. The van der Waals surface area contributed by atoms with Crippen LogP contribution in [0.15, 0.2) is 96.1 Å².